The predicted molar refractivity (Wildman–Crippen MR) is 120 cm³/mol. The normalized spacial score (nSPS) is 21.8. The summed E-state index contributed by atoms with van der Waals surface area (Å²) in [6.07, 6.45) is 3.88. The number of aromatic nitrogens is 2. The molecule has 1 aromatic carbocycles. The second-order valence-electron chi connectivity index (χ2n) is 8.84. The molecular formula is C23H32N6O2. The minimum absolute atomic E-state index is 0.191. The molecule has 0 bridgehead atoms. The summed E-state index contributed by atoms with van der Waals surface area (Å²) in [5, 5.41) is 16.6. The highest BCUT2D eigenvalue weighted by atomic mass is 16.3. The Hall–Kier alpha value is -2.55. The zero-order valence-electron chi connectivity index (χ0n) is 18.3. The molecule has 8 heteroatoms. The number of hydrogen-bond donors (Lipinski definition) is 3. The van der Waals surface area contributed by atoms with E-state index in [-0.39, 0.29) is 12.5 Å². The summed E-state index contributed by atoms with van der Waals surface area (Å²) in [6.45, 7) is 2.47. The molecule has 1 fully saturated rings. The summed E-state index contributed by atoms with van der Waals surface area (Å²) < 4.78 is 0. The van der Waals surface area contributed by atoms with Gasteiger partial charge in [0.05, 0.1) is 6.10 Å². The Morgan fingerprint density at radius 3 is 2.81 bits per heavy atom. The Labute approximate surface area is 183 Å². The van der Waals surface area contributed by atoms with Crippen molar-refractivity contribution in [2.75, 3.05) is 39.0 Å². The van der Waals surface area contributed by atoms with E-state index in [1.807, 2.05) is 0 Å². The quantitative estimate of drug-likeness (QED) is 0.585. The Kier molecular flexibility index (Phi) is 6.80. The highest BCUT2D eigenvalue weighted by Gasteiger charge is 2.30. The molecule has 1 aliphatic carbocycles. The van der Waals surface area contributed by atoms with Gasteiger partial charge in [0.25, 0.3) is 5.91 Å². The van der Waals surface area contributed by atoms with Gasteiger partial charge in [0.15, 0.2) is 0 Å². The molecule has 1 saturated carbocycles. The molecule has 1 atom stereocenters. The Morgan fingerprint density at radius 2 is 2.03 bits per heavy atom. The van der Waals surface area contributed by atoms with Gasteiger partial charge in [-0.05, 0) is 44.5 Å². The SMILES string of the molecule is CN(C)[C@H]1C[C@@H](Nc2cc(C(=O)NCC(O)CN3CCc4ccccc4C3)ncn2)C1. The molecule has 1 aliphatic heterocycles. The lowest BCUT2D eigenvalue weighted by Gasteiger charge is -2.40. The summed E-state index contributed by atoms with van der Waals surface area (Å²) in [6, 6.07) is 11.1. The van der Waals surface area contributed by atoms with Crippen molar-refractivity contribution in [3.8, 4) is 0 Å². The highest BCUT2D eigenvalue weighted by Crippen LogP contribution is 2.26. The van der Waals surface area contributed by atoms with Crippen LogP contribution in [-0.2, 0) is 13.0 Å². The molecule has 0 spiro atoms. The number of benzene rings is 1. The van der Waals surface area contributed by atoms with Crippen molar-refractivity contribution in [1.29, 1.82) is 0 Å². The smallest absolute Gasteiger partial charge is 0.270 e. The van der Waals surface area contributed by atoms with E-state index in [1.54, 1.807) is 6.07 Å². The second kappa shape index (κ2) is 9.72. The fourth-order valence-corrected chi connectivity index (χ4v) is 4.27. The molecule has 8 nitrogen and oxygen atoms in total. The van der Waals surface area contributed by atoms with E-state index in [0.29, 0.717) is 30.1 Å². The van der Waals surface area contributed by atoms with E-state index < -0.39 is 6.10 Å². The van der Waals surface area contributed by atoms with Crippen LogP contribution < -0.4 is 10.6 Å². The Morgan fingerprint density at radius 1 is 1.26 bits per heavy atom. The van der Waals surface area contributed by atoms with Crippen molar-refractivity contribution in [3.63, 3.8) is 0 Å². The summed E-state index contributed by atoms with van der Waals surface area (Å²) in [5.41, 5.74) is 3.00. The van der Waals surface area contributed by atoms with Gasteiger partial charge in [-0.25, -0.2) is 9.97 Å². The van der Waals surface area contributed by atoms with Crippen LogP contribution in [0.5, 0.6) is 0 Å². The maximum atomic E-state index is 12.5. The standard InChI is InChI=1S/C23H32N6O2/c1-28(2)19-9-18(10-19)27-22-11-21(25-15-26-22)23(31)24-12-20(30)14-29-8-7-16-5-3-4-6-17(16)13-29/h3-6,11,15,18-20,30H,7-10,12-14H2,1-2H3,(H,24,31)(H,25,26,27)/t18-,19+,20?. The number of nitrogens with zero attached hydrogens (tertiary/aromatic N) is 4. The monoisotopic (exact) mass is 424 g/mol. The number of β-amino-alcohol motifs (C(OH)–C–C–N with tert-alkyl or cyclic N) is 1. The van der Waals surface area contributed by atoms with Crippen molar-refractivity contribution >= 4 is 11.7 Å². The molecule has 2 aromatic rings. The fraction of sp³-hybridized carbons (Fsp3) is 0.522. The molecule has 3 N–H and O–H groups in total. The van der Waals surface area contributed by atoms with Crippen molar-refractivity contribution in [3.05, 3.63) is 53.5 Å². The molecule has 4 rings (SSSR count). The van der Waals surface area contributed by atoms with Gasteiger partial charge in [0.2, 0.25) is 0 Å². The fourth-order valence-electron chi connectivity index (χ4n) is 4.27. The van der Waals surface area contributed by atoms with Crippen LogP contribution in [0.25, 0.3) is 0 Å². The van der Waals surface area contributed by atoms with Crippen LogP contribution in [-0.4, -0.2) is 82.7 Å². The summed E-state index contributed by atoms with van der Waals surface area (Å²) >= 11 is 0. The van der Waals surface area contributed by atoms with E-state index in [2.05, 4.69) is 68.8 Å². The number of fused-ring (bicyclic) bond motifs is 1. The van der Waals surface area contributed by atoms with Crippen molar-refractivity contribution in [2.24, 2.45) is 0 Å². The third-order valence-electron chi connectivity index (χ3n) is 6.27. The number of anilines is 1. The lowest BCUT2D eigenvalue weighted by Crippen LogP contribution is -2.47. The van der Waals surface area contributed by atoms with Crippen LogP contribution in [0, 0.1) is 0 Å². The summed E-state index contributed by atoms with van der Waals surface area (Å²) in [5.74, 6) is 0.364. The Bertz CT molecular complexity index is 899. The molecular weight excluding hydrogens is 392 g/mol. The first-order valence-corrected chi connectivity index (χ1v) is 11.0. The van der Waals surface area contributed by atoms with Crippen LogP contribution >= 0.6 is 0 Å². The van der Waals surface area contributed by atoms with Crippen molar-refractivity contribution < 1.29 is 9.90 Å². The average molecular weight is 425 g/mol. The largest absolute Gasteiger partial charge is 0.390 e. The first-order chi connectivity index (χ1) is 15.0. The number of hydrogen-bond acceptors (Lipinski definition) is 7. The molecule has 1 unspecified atom stereocenters. The number of nitrogens with one attached hydrogen (secondary N) is 2. The van der Waals surface area contributed by atoms with Gasteiger partial charge < -0.3 is 20.6 Å². The third-order valence-corrected chi connectivity index (χ3v) is 6.27. The van der Waals surface area contributed by atoms with Gasteiger partial charge in [-0.15, -0.1) is 0 Å². The first kappa shape index (κ1) is 21.7. The van der Waals surface area contributed by atoms with Gasteiger partial charge >= 0.3 is 0 Å². The lowest BCUT2D eigenvalue weighted by atomic mass is 9.86. The van der Waals surface area contributed by atoms with Crippen LogP contribution in [0.3, 0.4) is 0 Å². The lowest BCUT2D eigenvalue weighted by molar-refractivity contribution is 0.0838. The van der Waals surface area contributed by atoms with Gasteiger partial charge in [0.1, 0.15) is 17.8 Å². The molecule has 1 amide bonds. The van der Waals surface area contributed by atoms with E-state index in [9.17, 15) is 9.90 Å². The zero-order chi connectivity index (χ0) is 21.8. The van der Waals surface area contributed by atoms with Gasteiger partial charge in [-0.1, -0.05) is 24.3 Å². The maximum absolute atomic E-state index is 12.5. The van der Waals surface area contributed by atoms with Crippen molar-refractivity contribution in [2.45, 2.75) is 44.0 Å². The Balaban J connectivity index is 1.22. The number of carbonyl (C=O) groups is 1. The molecule has 2 aliphatic rings. The van der Waals surface area contributed by atoms with Crippen LogP contribution in [0.4, 0.5) is 5.82 Å². The van der Waals surface area contributed by atoms with E-state index in [0.717, 1.165) is 32.4 Å². The second-order valence-corrected chi connectivity index (χ2v) is 8.84. The highest BCUT2D eigenvalue weighted by molar-refractivity contribution is 5.92. The minimum Gasteiger partial charge on any atom is -0.390 e. The number of rotatable bonds is 8. The van der Waals surface area contributed by atoms with E-state index >= 15 is 0 Å². The zero-order valence-corrected chi connectivity index (χ0v) is 18.3. The topological polar surface area (TPSA) is 93.6 Å². The predicted octanol–water partition coefficient (Wildman–Crippen LogP) is 1.13. The van der Waals surface area contributed by atoms with Crippen LogP contribution in [0.15, 0.2) is 36.7 Å². The molecule has 0 radical (unpaired) electrons. The number of aliphatic hydroxyl groups excluding tert-OH is 1. The van der Waals surface area contributed by atoms with E-state index in [1.165, 1.54) is 17.5 Å². The minimum atomic E-state index is -0.633. The van der Waals surface area contributed by atoms with Gasteiger partial charge in [-0.2, -0.15) is 0 Å². The molecule has 1 aromatic heterocycles. The molecule has 0 saturated heterocycles. The van der Waals surface area contributed by atoms with Gasteiger partial charge in [0, 0.05) is 44.3 Å². The van der Waals surface area contributed by atoms with Crippen molar-refractivity contribution in [1.82, 2.24) is 25.1 Å². The van der Waals surface area contributed by atoms with Gasteiger partial charge in [-0.3, -0.25) is 9.69 Å². The summed E-state index contributed by atoms with van der Waals surface area (Å²) in [4.78, 5) is 25.3. The maximum Gasteiger partial charge on any atom is 0.270 e. The third kappa shape index (κ3) is 5.58. The van der Waals surface area contributed by atoms with Crippen LogP contribution in [0.2, 0.25) is 0 Å². The molecule has 166 valence electrons. The van der Waals surface area contributed by atoms with E-state index in [4.69, 9.17) is 0 Å². The number of amides is 1. The first-order valence-electron chi connectivity index (χ1n) is 11.0. The summed E-state index contributed by atoms with van der Waals surface area (Å²) in [7, 11) is 4.18. The van der Waals surface area contributed by atoms with Crippen LogP contribution in [0.1, 0.15) is 34.5 Å². The number of aliphatic hydroxyl groups is 1. The molecule has 2 heterocycles. The average Bonchev–Trinajstić information content (AvgIpc) is 2.74. The number of carbonyl (C=O) groups excluding carboxylic acids is 1. The molecule has 31 heavy (non-hydrogen) atoms.